The maximum Gasteiger partial charge on any atom is 0.324 e. The molecule has 1 aromatic carbocycles. The molecule has 0 saturated heterocycles. The monoisotopic (exact) mass is 298 g/mol. The molecule has 7 heteroatoms. The van der Waals surface area contributed by atoms with Crippen LogP contribution >= 0.6 is 11.8 Å². The summed E-state index contributed by atoms with van der Waals surface area (Å²) in [7, 11) is 0. The largest absolute Gasteiger partial charge is 0.480 e. The Labute approximate surface area is 121 Å². The fourth-order valence-electron chi connectivity index (χ4n) is 1.69. The number of aliphatic carboxylic acids is 1. The number of rotatable bonds is 7. The normalized spacial score (nSPS) is 14.0. The number of hydrogen-bond acceptors (Lipinski definition) is 5. The van der Waals surface area contributed by atoms with Gasteiger partial charge in [-0.25, -0.2) is 0 Å². The third-order valence-electron chi connectivity index (χ3n) is 2.65. The van der Waals surface area contributed by atoms with Crippen molar-refractivity contribution in [2.24, 2.45) is 0 Å². The minimum atomic E-state index is -1.04. The number of nitro benzene ring substituents is 1. The Balaban J connectivity index is 2.72. The molecule has 0 aliphatic rings. The number of thioether (sulfide) groups is 1. The van der Waals surface area contributed by atoms with E-state index in [2.05, 4.69) is 5.32 Å². The Hall–Kier alpha value is -1.60. The highest BCUT2D eigenvalue weighted by atomic mass is 32.2. The van der Waals surface area contributed by atoms with Gasteiger partial charge < -0.3 is 5.11 Å². The van der Waals surface area contributed by atoms with E-state index in [-0.39, 0.29) is 11.7 Å². The molecule has 6 nitrogen and oxygen atoms in total. The summed E-state index contributed by atoms with van der Waals surface area (Å²) in [5.74, 6) is -0.584. The van der Waals surface area contributed by atoms with Gasteiger partial charge in [-0.2, -0.15) is 0 Å². The fraction of sp³-hybridized carbons (Fsp3) is 0.462. The van der Waals surface area contributed by atoms with Gasteiger partial charge in [0.25, 0.3) is 5.69 Å². The molecule has 1 aromatic rings. The van der Waals surface area contributed by atoms with Gasteiger partial charge in [0.15, 0.2) is 0 Å². The first kappa shape index (κ1) is 16.5. The summed E-state index contributed by atoms with van der Waals surface area (Å²) in [5, 5.41) is 22.9. The van der Waals surface area contributed by atoms with Crippen molar-refractivity contribution < 1.29 is 14.8 Å². The van der Waals surface area contributed by atoms with Crippen LogP contribution in [0.1, 0.15) is 20.8 Å². The molecule has 110 valence electrons. The molecule has 0 amide bonds. The van der Waals surface area contributed by atoms with Gasteiger partial charge in [-0.15, -0.1) is 11.8 Å². The van der Waals surface area contributed by atoms with Crippen molar-refractivity contribution in [3.05, 3.63) is 34.4 Å². The van der Waals surface area contributed by atoms with Crippen LogP contribution in [0.3, 0.4) is 0 Å². The van der Waals surface area contributed by atoms with Gasteiger partial charge in [-0.3, -0.25) is 20.2 Å². The summed E-state index contributed by atoms with van der Waals surface area (Å²) in [6, 6.07) is 6.13. The molecule has 1 unspecified atom stereocenters. The topological polar surface area (TPSA) is 92.5 Å². The predicted octanol–water partition coefficient (Wildman–Crippen LogP) is 2.53. The van der Waals surface area contributed by atoms with Gasteiger partial charge in [0.1, 0.15) is 5.54 Å². The molecule has 2 N–H and O–H groups in total. The number of benzene rings is 1. The maximum absolute atomic E-state index is 11.4. The van der Waals surface area contributed by atoms with E-state index in [1.54, 1.807) is 19.1 Å². The number of nitrogens with zero attached hydrogens (tertiary/aromatic N) is 1. The summed E-state index contributed by atoms with van der Waals surface area (Å²) in [5.41, 5.74) is -1.02. The van der Waals surface area contributed by atoms with E-state index >= 15 is 0 Å². The van der Waals surface area contributed by atoms with Crippen molar-refractivity contribution in [1.82, 2.24) is 5.32 Å². The lowest BCUT2D eigenvalue weighted by Gasteiger charge is -2.28. The number of nitrogens with one attached hydrogen (secondary N) is 1. The third-order valence-corrected chi connectivity index (χ3v) is 3.98. The van der Waals surface area contributed by atoms with Crippen molar-refractivity contribution in [2.75, 3.05) is 5.75 Å². The lowest BCUT2D eigenvalue weighted by atomic mass is 10.1. The minimum Gasteiger partial charge on any atom is -0.480 e. The number of carbonyl (C=O) groups is 1. The first-order valence-corrected chi connectivity index (χ1v) is 7.11. The van der Waals surface area contributed by atoms with E-state index in [1.807, 2.05) is 13.8 Å². The zero-order chi connectivity index (χ0) is 15.3. The van der Waals surface area contributed by atoms with Crippen LogP contribution in [-0.4, -0.2) is 33.3 Å². The summed E-state index contributed by atoms with van der Waals surface area (Å²) in [6.07, 6.45) is 0. The van der Waals surface area contributed by atoms with Crippen molar-refractivity contribution in [3.63, 3.8) is 0 Å². The van der Waals surface area contributed by atoms with Crippen LogP contribution in [0.4, 0.5) is 5.69 Å². The molecule has 0 spiro atoms. The Bertz CT molecular complexity index is 490. The molecule has 20 heavy (non-hydrogen) atoms. The first-order chi connectivity index (χ1) is 9.24. The van der Waals surface area contributed by atoms with E-state index in [1.165, 1.54) is 23.9 Å². The van der Waals surface area contributed by atoms with Crippen molar-refractivity contribution in [1.29, 1.82) is 0 Å². The highest BCUT2D eigenvalue weighted by Gasteiger charge is 2.33. The second kappa shape index (κ2) is 6.71. The standard InChI is InChI=1S/C13H18N2O4S/c1-9(2)14-13(3,12(16)17)8-20-11-6-4-10(5-7-11)15(18)19/h4-7,9,14H,8H2,1-3H3,(H,16,17). The highest BCUT2D eigenvalue weighted by Crippen LogP contribution is 2.25. The molecule has 0 aliphatic heterocycles. The lowest BCUT2D eigenvalue weighted by Crippen LogP contribution is -2.54. The smallest absolute Gasteiger partial charge is 0.324 e. The average Bonchev–Trinajstić information content (AvgIpc) is 2.36. The van der Waals surface area contributed by atoms with Crippen LogP contribution in [0, 0.1) is 10.1 Å². The average molecular weight is 298 g/mol. The van der Waals surface area contributed by atoms with E-state index in [9.17, 15) is 20.0 Å². The Kier molecular flexibility index (Phi) is 5.52. The molecular formula is C13H18N2O4S. The summed E-state index contributed by atoms with van der Waals surface area (Å²) < 4.78 is 0. The molecule has 0 fully saturated rings. The van der Waals surface area contributed by atoms with Crippen molar-refractivity contribution in [2.45, 2.75) is 37.2 Å². The molecule has 0 radical (unpaired) electrons. The predicted molar refractivity (Wildman–Crippen MR) is 78.1 cm³/mol. The van der Waals surface area contributed by atoms with Crippen LogP contribution in [-0.2, 0) is 4.79 Å². The highest BCUT2D eigenvalue weighted by molar-refractivity contribution is 7.99. The Morgan fingerprint density at radius 2 is 2.00 bits per heavy atom. The van der Waals surface area contributed by atoms with Crippen molar-refractivity contribution in [3.8, 4) is 0 Å². The zero-order valence-electron chi connectivity index (χ0n) is 11.6. The summed E-state index contributed by atoms with van der Waals surface area (Å²) >= 11 is 1.35. The second-order valence-corrected chi connectivity index (χ2v) is 6.02. The third kappa shape index (κ3) is 4.50. The van der Waals surface area contributed by atoms with Gasteiger partial charge in [-0.05, 0) is 32.9 Å². The maximum atomic E-state index is 11.4. The van der Waals surface area contributed by atoms with Gasteiger partial charge in [-0.1, -0.05) is 0 Å². The number of hydrogen-bond donors (Lipinski definition) is 2. The van der Waals surface area contributed by atoms with Crippen LogP contribution in [0.15, 0.2) is 29.2 Å². The number of non-ortho nitro benzene ring substituents is 1. The molecule has 0 aliphatic carbocycles. The van der Waals surface area contributed by atoms with Gasteiger partial charge in [0.05, 0.1) is 4.92 Å². The van der Waals surface area contributed by atoms with Crippen molar-refractivity contribution >= 4 is 23.4 Å². The number of nitro groups is 1. The molecule has 1 rings (SSSR count). The van der Waals surface area contributed by atoms with E-state index in [0.29, 0.717) is 5.75 Å². The molecule has 0 heterocycles. The summed E-state index contributed by atoms with van der Waals surface area (Å²) in [4.78, 5) is 22.2. The van der Waals surface area contributed by atoms with Gasteiger partial charge >= 0.3 is 5.97 Å². The zero-order valence-corrected chi connectivity index (χ0v) is 12.4. The number of carboxylic acids is 1. The molecular weight excluding hydrogens is 280 g/mol. The van der Waals surface area contributed by atoms with Crippen LogP contribution < -0.4 is 5.32 Å². The van der Waals surface area contributed by atoms with Crippen LogP contribution in [0.5, 0.6) is 0 Å². The van der Waals surface area contributed by atoms with Crippen LogP contribution in [0.25, 0.3) is 0 Å². The van der Waals surface area contributed by atoms with Crippen LogP contribution in [0.2, 0.25) is 0 Å². The molecule has 0 saturated carbocycles. The second-order valence-electron chi connectivity index (χ2n) is 4.98. The SMILES string of the molecule is CC(C)NC(C)(CSc1ccc([N+](=O)[O-])cc1)C(=O)O. The van der Waals surface area contributed by atoms with E-state index in [4.69, 9.17) is 0 Å². The quantitative estimate of drug-likeness (QED) is 0.456. The summed E-state index contributed by atoms with van der Waals surface area (Å²) in [6.45, 7) is 5.41. The fourth-order valence-corrected chi connectivity index (χ4v) is 2.68. The van der Waals surface area contributed by atoms with Gasteiger partial charge in [0, 0.05) is 28.8 Å². The Morgan fingerprint density at radius 3 is 2.40 bits per heavy atom. The number of carboxylic acid groups (broad SMARTS) is 1. The molecule has 0 bridgehead atoms. The van der Waals surface area contributed by atoms with Gasteiger partial charge in [0.2, 0.25) is 0 Å². The first-order valence-electron chi connectivity index (χ1n) is 6.13. The molecule has 1 atom stereocenters. The minimum absolute atomic E-state index is 0.0238. The van der Waals surface area contributed by atoms with E-state index in [0.717, 1.165) is 4.90 Å². The molecule has 0 aromatic heterocycles. The Morgan fingerprint density at radius 1 is 1.45 bits per heavy atom. The lowest BCUT2D eigenvalue weighted by molar-refractivity contribution is -0.384. The van der Waals surface area contributed by atoms with E-state index < -0.39 is 16.4 Å².